The number of amides is 1. The zero-order valence-electron chi connectivity index (χ0n) is 17.1. The highest BCUT2D eigenvalue weighted by Crippen LogP contribution is 2.25. The lowest BCUT2D eigenvalue weighted by atomic mass is 9.89. The van der Waals surface area contributed by atoms with Gasteiger partial charge in [0, 0.05) is 31.2 Å². The molecule has 0 aliphatic heterocycles. The van der Waals surface area contributed by atoms with E-state index in [1.807, 2.05) is 19.0 Å². The van der Waals surface area contributed by atoms with Crippen molar-refractivity contribution in [1.82, 2.24) is 14.5 Å². The van der Waals surface area contributed by atoms with Gasteiger partial charge in [0.15, 0.2) is 0 Å². The summed E-state index contributed by atoms with van der Waals surface area (Å²) in [5, 5.41) is 0. The first-order valence-corrected chi connectivity index (χ1v) is 11.9. The summed E-state index contributed by atoms with van der Waals surface area (Å²) in [6.45, 7) is 2.29. The molecule has 1 aromatic carbocycles. The topological polar surface area (TPSA) is 69.7 Å². The standard InChI is InChI=1S/C21H33N3O3S/c1-23(2)14-15-24(16-17-6-4-3-5-7-17)21(25)18-8-12-20(13-9-18)28(26,27)22-19-10-11-19/h8-9,12-13,17,19,22H,3-7,10-11,14-16H2,1-2H3. The SMILES string of the molecule is CN(C)CCN(CC1CCCCC1)C(=O)c1ccc(S(=O)(=O)NC2CC2)cc1. The van der Waals surface area contributed by atoms with E-state index in [4.69, 9.17) is 0 Å². The molecule has 3 rings (SSSR count). The van der Waals surface area contributed by atoms with Gasteiger partial charge in [-0.25, -0.2) is 13.1 Å². The normalized spacial score (nSPS) is 18.4. The fourth-order valence-corrected chi connectivity index (χ4v) is 5.03. The predicted molar refractivity (Wildman–Crippen MR) is 111 cm³/mol. The summed E-state index contributed by atoms with van der Waals surface area (Å²) >= 11 is 0. The van der Waals surface area contributed by atoms with E-state index in [0.717, 1.165) is 25.9 Å². The first-order valence-electron chi connectivity index (χ1n) is 10.4. The van der Waals surface area contributed by atoms with Gasteiger partial charge in [-0.15, -0.1) is 0 Å². The Hall–Kier alpha value is -1.44. The molecular weight excluding hydrogens is 374 g/mol. The second-order valence-electron chi connectivity index (χ2n) is 8.48. The Kier molecular flexibility index (Phi) is 7.12. The molecule has 0 heterocycles. The second kappa shape index (κ2) is 9.37. The minimum absolute atomic E-state index is 0.00785. The van der Waals surface area contributed by atoms with Crippen molar-refractivity contribution in [3.8, 4) is 0 Å². The largest absolute Gasteiger partial charge is 0.337 e. The van der Waals surface area contributed by atoms with Crippen molar-refractivity contribution in [2.24, 2.45) is 5.92 Å². The first kappa shape index (κ1) is 21.3. The number of rotatable bonds is 9. The fourth-order valence-electron chi connectivity index (χ4n) is 3.73. The maximum Gasteiger partial charge on any atom is 0.253 e. The molecule has 1 amide bonds. The van der Waals surface area contributed by atoms with Crippen molar-refractivity contribution in [3.05, 3.63) is 29.8 Å². The maximum absolute atomic E-state index is 13.1. The van der Waals surface area contributed by atoms with Crippen LogP contribution in [0.25, 0.3) is 0 Å². The van der Waals surface area contributed by atoms with Crippen molar-refractivity contribution in [3.63, 3.8) is 0 Å². The van der Waals surface area contributed by atoms with Crippen LogP contribution in [0.5, 0.6) is 0 Å². The number of likely N-dealkylation sites (N-methyl/N-ethyl adjacent to an activating group) is 1. The van der Waals surface area contributed by atoms with Gasteiger partial charge in [-0.2, -0.15) is 0 Å². The van der Waals surface area contributed by atoms with Crippen molar-refractivity contribution in [1.29, 1.82) is 0 Å². The van der Waals surface area contributed by atoms with Gasteiger partial charge in [-0.3, -0.25) is 4.79 Å². The van der Waals surface area contributed by atoms with Crippen LogP contribution in [-0.4, -0.2) is 63.9 Å². The number of carbonyl (C=O) groups is 1. The van der Waals surface area contributed by atoms with Gasteiger partial charge < -0.3 is 9.80 Å². The number of benzene rings is 1. The minimum Gasteiger partial charge on any atom is -0.337 e. The molecular formula is C21H33N3O3S. The molecule has 0 saturated heterocycles. The van der Waals surface area contributed by atoms with E-state index >= 15 is 0 Å². The van der Waals surface area contributed by atoms with Gasteiger partial charge in [0.25, 0.3) is 5.91 Å². The van der Waals surface area contributed by atoms with Crippen LogP contribution in [-0.2, 0) is 10.0 Å². The van der Waals surface area contributed by atoms with E-state index in [-0.39, 0.29) is 16.8 Å². The second-order valence-corrected chi connectivity index (χ2v) is 10.2. The molecule has 0 atom stereocenters. The smallest absolute Gasteiger partial charge is 0.253 e. The van der Waals surface area contributed by atoms with E-state index in [1.165, 1.54) is 32.1 Å². The average Bonchev–Trinajstić information content (AvgIpc) is 3.48. The lowest BCUT2D eigenvalue weighted by Crippen LogP contribution is -2.40. The fraction of sp³-hybridized carbons (Fsp3) is 0.667. The number of nitrogens with one attached hydrogen (secondary N) is 1. The zero-order chi connectivity index (χ0) is 20.1. The average molecular weight is 408 g/mol. The van der Waals surface area contributed by atoms with E-state index < -0.39 is 10.0 Å². The van der Waals surface area contributed by atoms with Crippen molar-refractivity contribution < 1.29 is 13.2 Å². The van der Waals surface area contributed by atoms with Crippen LogP contribution >= 0.6 is 0 Å². The van der Waals surface area contributed by atoms with Crippen molar-refractivity contribution in [2.75, 3.05) is 33.7 Å². The minimum atomic E-state index is -3.49. The Labute approximate surface area is 169 Å². The Bertz CT molecular complexity index is 752. The highest BCUT2D eigenvalue weighted by atomic mass is 32.2. The Morgan fingerprint density at radius 1 is 1.00 bits per heavy atom. The van der Waals surface area contributed by atoms with Gasteiger partial charge in [0.2, 0.25) is 10.0 Å². The predicted octanol–water partition coefficient (Wildman–Crippen LogP) is 2.71. The molecule has 2 saturated carbocycles. The molecule has 0 spiro atoms. The van der Waals surface area contributed by atoms with E-state index in [2.05, 4.69) is 9.62 Å². The molecule has 28 heavy (non-hydrogen) atoms. The van der Waals surface area contributed by atoms with Crippen LogP contribution in [0.15, 0.2) is 29.2 Å². The van der Waals surface area contributed by atoms with Gasteiger partial charge in [0.05, 0.1) is 4.90 Å². The Morgan fingerprint density at radius 2 is 1.64 bits per heavy atom. The summed E-state index contributed by atoms with van der Waals surface area (Å²) in [5.41, 5.74) is 0.555. The lowest BCUT2D eigenvalue weighted by Gasteiger charge is -2.30. The summed E-state index contributed by atoms with van der Waals surface area (Å²) in [7, 11) is 0.534. The van der Waals surface area contributed by atoms with E-state index in [1.54, 1.807) is 24.3 Å². The summed E-state index contributed by atoms with van der Waals surface area (Å²) in [4.78, 5) is 17.4. The van der Waals surface area contributed by atoms with Gasteiger partial charge in [-0.05, 0) is 70.0 Å². The maximum atomic E-state index is 13.1. The summed E-state index contributed by atoms with van der Waals surface area (Å²) in [5.74, 6) is 0.564. The van der Waals surface area contributed by atoms with Crippen LogP contribution in [0.1, 0.15) is 55.3 Å². The molecule has 0 aromatic heterocycles. The molecule has 2 fully saturated rings. The van der Waals surface area contributed by atoms with Crippen LogP contribution in [0.3, 0.4) is 0 Å². The Morgan fingerprint density at radius 3 is 2.21 bits per heavy atom. The Balaban J connectivity index is 1.69. The van der Waals surface area contributed by atoms with Crippen molar-refractivity contribution >= 4 is 15.9 Å². The molecule has 7 heteroatoms. The molecule has 156 valence electrons. The quantitative estimate of drug-likeness (QED) is 0.683. The molecule has 1 N–H and O–H groups in total. The zero-order valence-corrected chi connectivity index (χ0v) is 17.9. The molecule has 2 aliphatic rings. The highest BCUT2D eigenvalue weighted by molar-refractivity contribution is 7.89. The molecule has 0 radical (unpaired) electrons. The number of hydrogen-bond donors (Lipinski definition) is 1. The van der Waals surface area contributed by atoms with Crippen LogP contribution in [0.4, 0.5) is 0 Å². The monoisotopic (exact) mass is 407 g/mol. The van der Waals surface area contributed by atoms with Crippen LogP contribution < -0.4 is 4.72 Å². The molecule has 6 nitrogen and oxygen atoms in total. The van der Waals surface area contributed by atoms with Gasteiger partial charge >= 0.3 is 0 Å². The number of carbonyl (C=O) groups excluding carboxylic acids is 1. The summed E-state index contributed by atoms with van der Waals surface area (Å²) in [6.07, 6.45) is 7.98. The number of nitrogens with zero attached hydrogens (tertiary/aromatic N) is 2. The van der Waals surface area contributed by atoms with E-state index in [0.29, 0.717) is 18.0 Å². The van der Waals surface area contributed by atoms with E-state index in [9.17, 15) is 13.2 Å². The van der Waals surface area contributed by atoms with Gasteiger partial charge in [0.1, 0.15) is 0 Å². The summed E-state index contributed by atoms with van der Waals surface area (Å²) in [6, 6.07) is 6.45. The molecule has 0 unspecified atom stereocenters. The van der Waals surface area contributed by atoms with Gasteiger partial charge in [-0.1, -0.05) is 19.3 Å². The summed E-state index contributed by atoms with van der Waals surface area (Å²) < 4.78 is 27.3. The van der Waals surface area contributed by atoms with Crippen LogP contribution in [0, 0.1) is 5.92 Å². The number of hydrogen-bond acceptors (Lipinski definition) is 4. The molecule has 1 aromatic rings. The molecule has 0 bridgehead atoms. The third kappa shape index (κ3) is 6.03. The molecule has 2 aliphatic carbocycles. The van der Waals surface area contributed by atoms with Crippen LogP contribution in [0.2, 0.25) is 0 Å². The third-order valence-electron chi connectivity index (χ3n) is 5.62. The number of sulfonamides is 1. The van der Waals surface area contributed by atoms with Crippen molar-refractivity contribution in [2.45, 2.75) is 55.9 Å². The highest BCUT2D eigenvalue weighted by Gasteiger charge is 2.28. The first-order chi connectivity index (χ1) is 13.3. The lowest BCUT2D eigenvalue weighted by molar-refractivity contribution is 0.0701. The third-order valence-corrected chi connectivity index (χ3v) is 7.15.